The minimum absolute atomic E-state index is 0.122. The number of benzene rings is 6. The van der Waals surface area contributed by atoms with Crippen LogP contribution in [0, 0.1) is 0 Å². The van der Waals surface area contributed by atoms with Crippen LogP contribution in [0.5, 0.6) is 0 Å². The van der Waals surface area contributed by atoms with Gasteiger partial charge in [0.05, 0.1) is 0 Å². The molecular weight excluding hydrogens is 595 g/mol. The average Bonchev–Trinajstić information content (AvgIpc) is 3.08. The van der Waals surface area contributed by atoms with E-state index < -0.39 is 5.31 Å². The SMILES string of the molecule is OCCCP(Br)(c1ccccc1)(c1ccccc1)c1ccc(-c2ccccc2)c(-c2ccccc2)c1-c1ccccc1. The molecule has 0 saturated carbocycles. The molecule has 208 valence electrons. The molecule has 6 rings (SSSR count). The van der Waals surface area contributed by atoms with Gasteiger partial charge in [-0.25, -0.2) is 0 Å². The van der Waals surface area contributed by atoms with Gasteiger partial charge >= 0.3 is 258 Å². The second-order valence-electron chi connectivity index (χ2n) is 10.6. The normalized spacial score (nSPS) is 12.4. The summed E-state index contributed by atoms with van der Waals surface area (Å²) >= 11 is 4.67. The standard InChI is InChI=1S/C39H34BrOP/c40-42(30-16-29-41,34-23-12-4-13-24-34,35-25-14-5-15-26-35)37-28-27-36(31-17-6-1-7-18-31)38(32-19-8-2-9-20-32)39(37)33-21-10-3-11-22-33/h1-15,17-28,41H,16,29-30H2. The van der Waals surface area contributed by atoms with Crippen molar-refractivity contribution >= 4 is 36.7 Å². The number of halogens is 1. The molecule has 1 N–H and O–H groups in total. The van der Waals surface area contributed by atoms with Crippen LogP contribution in [0.4, 0.5) is 0 Å². The van der Waals surface area contributed by atoms with E-state index in [1.807, 2.05) is 0 Å². The van der Waals surface area contributed by atoms with Crippen molar-refractivity contribution in [2.24, 2.45) is 0 Å². The zero-order valence-corrected chi connectivity index (χ0v) is 26.0. The van der Waals surface area contributed by atoms with E-state index in [1.165, 1.54) is 49.3 Å². The Kier molecular flexibility index (Phi) is 8.22. The molecule has 3 heteroatoms. The van der Waals surface area contributed by atoms with Gasteiger partial charge in [-0.1, -0.05) is 0 Å². The molecule has 0 fully saturated rings. The molecule has 0 saturated heterocycles. The fraction of sp³-hybridized carbons (Fsp3) is 0.0769. The van der Waals surface area contributed by atoms with Gasteiger partial charge in [-0.3, -0.25) is 0 Å². The molecule has 0 spiro atoms. The van der Waals surface area contributed by atoms with Crippen LogP contribution in [-0.4, -0.2) is 17.9 Å². The second kappa shape index (κ2) is 12.2. The zero-order valence-electron chi connectivity index (χ0n) is 23.5. The number of rotatable bonds is 9. The van der Waals surface area contributed by atoms with Crippen LogP contribution in [0.25, 0.3) is 33.4 Å². The van der Waals surface area contributed by atoms with E-state index >= 15 is 0 Å². The summed E-state index contributed by atoms with van der Waals surface area (Å²) < 4.78 is 0. The molecule has 0 amide bonds. The summed E-state index contributed by atoms with van der Waals surface area (Å²) in [5, 5.41) is 10.7. The van der Waals surface area contributed by atoms with Crippen LogP contribution in [0.15, 0.2) is 164 Å². The third-order valence-corrected chi connectivity index (χ3v) is 18.2. The summed E-state index contributed by atoms with van der Waals surface area (Å²) in [6.07, 6.45) is 1.46. The number of hydrogen-bond acceptors (Lipinski definition) is 1. The number of aliphatic hydroxyl groups excluding tert-OH is 1. The Morgan fingerprint density at radius 1 is 0.452 bits per heavy atom. The monoisotopic (exact) mass is 628 g/mol. The Balaban J connectivity index is 1.85. The first-order chi connectivity index (χ1) is 20.6. The van der Waals surface area contributed by atoms with E-state index in [-0.39, 0.29) is 6.61 Å². The molecule has 6 aromatic carbocycles. The summed E-state index contributed by atoms with van der Waals surface area (Å²) in [4.78, 5) is 0. The molecule has 0 aliphatic carbocycles. The number of hydrogen-bond donors (Lipinski definition) is 1. The molecular formula is C39H34BrOP. The van der Waals surface area contributed by atoms with Crippen molar-refractivity contribution in [3.63, 3.8) is 0 Å². The van der Waals surface area contributed by atoms with Gasteiger partial charge in [0.15, 0.2) is 0 Å². The van der Waals surface area contributed by atoms with Gasteiger partial charge in [-0.15, -0.1) is 0 Å². The maximum absolute atomic E-state index is 10.3. The third-order valence-electron chi connectivity index (χ3n) is 8.22. The molecule has 0 bridgehead atoms. The third kappa shape index (κ3) is 4.95. The van der Waals surface area contributed by atoms with E-state index in [2.05, 4.69) is 179 Å². The number of aliphatic hydroxyl groups is 1. The van der Waals surface area contributed by atoms with Crippen molar-refractivity contribution in [3.05, 3.63) is 164 Å². The van der Waals surface area contributed by atoms with Gasteiger partial charge in [0, 0.05) is 0 Å². The van der Waals surface area contributed by atoms with Crippen molar-refractivity contribution in [2.75, 3.05) is 12.8 Å². The first-order valence-corrected chi connectivity index (χ1v) is 18.9. The van der Waals surface area contributed by atoms with E-state index in [1.54, 1.807) is 0 Å². The Morgan fingerprint density at radius 3 is 1.31 bits per heavy atom. The quantitative estimate of drug-likeness (QED) is 0.158. The van der Waals surface area contributed by atoms with Crippen LogP contribution < -0.4 is 15.9 Å². The topological polar surface area (TPSA) is 20.2 Å². The molecule has 0 aliphatic rings. The second-order valence-corrected chi connectivity index (χ2v) is 19.7. The summed E-state index contributed by atoms with van der Waals surface area (Å²) in [5.41, 5.74) is 7.18. The van der Waals surface area contributed by atoms with Gasteiger partial charge in [-0.2, -0.15) is 0 Å². The Labute approximate surface area is 257 Å². The van der Waals surface area contributed by atoms with Crippen molar-refractivity contribution in [1.82, 2.24) is 0 Å². The molecule has 0 atom stereocenters. The first-order valence-electron chi connectivity index (χ1n) is 14.4. The van der Waals surface area contributed by atoms with Crippen molar-refractivity contribution in [3.8, 4) is 33.4 Å². The predicted molar refractivity (Wildman–Crippen MR) is 187 cm³/mol. The van der Waals surface area contributed by atoms with Gasteiger partial charge < -0.3 is 0 Å². The summed E-state index contributed by atoms with van der Waals surface area (Å²) in [6.45, 7) is 0.122. The van der Waals surface area contributed by atoms with Crippen molar-refractivity contribution < 1.29 is 5.11 Å². The predicted octanol–water partition coefficient (Wildman–Crippen LogP) is 9.21. The molecule has 0 aromatic heterocycles. The molecule has 6 aromatic rings. The Hall–Kier alpha value is -3.81. The van der Waals surface area contributed by atoms with Crippen LogP contribution in [0.3, 0.4) is 0 Å². The molecule has 42 heavy (non-hydrogen) atoms. The Morgan fingerprint density at radius 2 is 0.857 bits per heavy atom. The maximum atomic E-state index is 10.3. The fourth-order valence-electron chi connectivity index (χ4n) is 6.29. The summed E-state index contributed by atoms with van der Waals surface area (Å²) in [6, 6.07) is 58.7. The van der Waals surface area contributed by atoms with Crippen LogP contribution >= 0.6 is 20.8 Å². The van der Waals surface area contributed by atoms with Gasteiger partial charge in [0.1, 0.15) is 0 Å². The van der Waals surface area contributed by atoms with Crippen LogP contribution in [0.1, 0.15) is 6.42 Å². The molecule has 0 unspecified atom stereocenters. The van der Waals surface area contributed by atoms with Gasteiger partial charge in [-0.05, 0) is 0 Å². The van der Waals surface area contributed by atoms with Gasteiger partial charge in [0.2, 0.25) is 0 Å². The average molecular weight is 630 g/mol. The van der Waals surface area contributed by atoms with Gasteiger partial charge in [0.25, 0.3) is 0 Å². The fourth-order valence-corrected chi connectivity index (χ4v) is 14.4. The van der Waals surface area contributed by atoms with Crippen molar-refractivity contribution in [2.45, 2.75) is 6.42 Å². The van der Waals surface area contributed by atoms with E-state index in [9.17, 15) is 5.11 Å². The summed E-state index contributed by atoms with van der Waals surface area (Å²) in [5.74, 6) is 0. The Bertz CT molecular complexity index is 1720. The molecule has 1 nitrogen and oxygen atoms in total. The molecule has 0 heterocycles. The minimum atomic E-state index is -3.34. The van der Waals surface area contributed by atoms with Crippen molar-refractivity contribution in [1.29, 1.82) is 0 Å². The zero-order chi connectivity index (χ0) is 28.9. The van der Waals surface area contributed by atoms with E-state index in [0.29, 0.717) is 6.42 Å². The molecule has 0 radical (unpaired) electrons. The van der Waals surface area contributed by atoms with Crippen LogP contribution in [0.2, 0.25) is 0 Å². The van der Waals surface area contributed by atoms with Crippen LogP contribution in [-0.2, 0) is 0 Å². The van der Waals surface area contributed by atoms with E-state index in [0.717, 1.165) is 6.16 Å². The molecule has 0 aliphatic heterocycles. The first kappa shape index (κ1) is 28.3. The summed E-state index contributed by atoms with van der Waals surface area (Å²) in [7, 11) is 0. The van der Waals surface area contributed by atoms with E-state index in [4.69, 9.17) is 0 Å².